The molecule has 0 saturated carbocycles. The lowest BCUT2D eigenvalue weighted by Crippen LogP contribution is -2.44. The first-order chi connectivity index (χ1) is 12.6. The summed E-state index contributed by atoms with van der Waals surface area (Å²) in [6.45, 7) is 5.38. The first-order valence-electron chi connectivity index (χ1n) is 8.48. The van der Waals surface area contributed by atoms with Crippen molar-refractivity contribution in [2.45, 2.75) is 30.3 Å². The molecule has 0 bridgehead atoms. The lowest BCUT2D eigenvalue weighted by atomic mass is 10.0. The Bertz CT molecular complexity index is 749. The number of nitrogens with one attached hydrogen (secondary N) is 2. The minimum atomic E-state index is -0.374. The highest BCUT2D eigenvalue weighted by molar-refractivity contribution is 8.00. The van der Waals surface area contributed by atoms with Crippen LogP contribution in [0.5, 0.6) is 5.75 Å². The molecule has 0 spiro atoms. The van der Waals surface area contributed by atoms with Gasteiger partial charge in [0.05, 0.1) is 19.3 Å². The predicted molar refractivity (Wildman–Crippen MR) is 99.0 cm³/mol. The third-order valence-electron chi connectivity index (χ3n) is 4.01. The summed E-state index contributed by atoms with van der Waals surface area (Å²) in [7, 11) is 1.61. The second kappa shape index (κ2) is 8.41. The van der Waals surface area contributed by atoms with E-state index < -0.39 is 0 Å². The zero-order chi connectivity index (χ0) is 18.5. The number of fused-ring (bicyclic) bond motifs is 1. The fourth-order valence-electron chi connectivity index (χ4n) is 2.73. The molecule has 1 amide bonds. The van der Waals surface area contributed by atoms with E-state index in [1.807, 2.05) is 42.8 Å². The summed E-state index contributed by atoms with van der Waals surface area (Å²) in [6, 6.07) is 7.56. The molecule has 26 heavy (non-hydrogen) atoms. The molecule has 0 aliphatic carbocycles. The maximum absolute atomic E-state index is 12.7. The molecule has 0 radical (unpaired) electrons. The molecule has 9 heteroatoms. The van der Waals surface area contributed by atoms with E-state index in [0.29, 0.717) is 24.9 Å². The largest absolute Gasteiger partial charge is 0.494 e. The Labute approximate surface area is 156 Å². The van der Waals surface area contributed by atoms with Crippen molar-refractivity contribution in [3.8, 4) is 5.75 Å². The first-order valence-corrected chi connectivity index (χ1v) is 9.36. The number of thioether (sulfide) groups is 1. The van der Waals surface area contributed by atoms with Crippen LogP contribution in [0.3, 0.4) is 0 Å². The number of methoxy groups -OCH3 is 1. The molecule has 2 unspecified atom stereocenters. The number of rotatable bonds is 7. The lowest BCUT2D eigenvalue weighted by Gasteiger charge is -2.32. The number of carbonyl (C=O) groups is 1. The summed E-state index contributed by atoms with van der Waals surface area (Å²) < 4.78 is 12.3. The number of ether oxygens (including phenoxy) is 2. The summed E-state index contributed by atoms with van der Waals surface area (Å²) in [5.74, 6) is 1.49. The molecule has 3 rings (SSSR count). The number of aromatic nitrogens is 3. The first kappa shape index (κ1) is 18.5. The van der Waals surface area contributed by atoms with Gasteiger partial charge in [0.15, 0.2) is 0 Å². The Morgan fingerprint density at radius 2 is 2.12 bits per heavy atom. The zero-order valence-electron chi connectivity index (χ0n) is 15.1. The van der Waals surface area contributed by atoms with Gasteiger partial charge in [0.25, 0.3) is 0 Å². The summed E-state index contributed by atoms with van der Waals surface area (Å²) in [5.41, 5.74) is 4.36. The maximum Gasteiger partial charge on any atom is 0.236 e. The molecule has 2 N–H and O–H groups in total. The van der Waals surface area contributed by atoms with Gasteiger partial charge >= 0.3 is 0 Å². The van der Waals surface area contributed by atoms with Crippen molar-refractivity contribution in [2.24, 2.45) is 0 Å². The fourth-order valence-corrected chi connectivity index (χ4v) is 3.88. The number of amides is 1. The van der Waals surface area contributed by atoms with Crippen molar-refractivity contribution in [3.05, 3.63) is 35.7 Å². The van der Waals surface area contributed by atoms with E-state index in [-0.39, 0.29) is 17.2 Å². The van der Waals surface area contributed by atoms with Crippen LogP contribution >= 0.6 is 11.8 Å². The van der Waals surface area contributed by atoms with Gasteiger partial charge in [-0.1, -0.05) is 23.9 Å². The molecule has 140 valence electrons. The van der Waals surface area contributed by atoms with Crippen LogP contribution in [-0.2, 0) is 9.53 Å². The average Bonchev–Trinajstić information content (AvgIpc) is 3.02. The molecular formula is C17H23N5O3S. The molecule has 2 aromatic rings. The van der Waals surface area contributed by atoms with Gasteiger partial charge in [-0.3, -0.25) is 4.79 Å². The van der Waals surface area contributed by atoms with Crippen molar-refractivity contribution in [1.82, 2.24) is 20.2 Å². The van der Waals surface area contributed by atoms with E-state index in [1.165, 1.54) is 11.8 Å². The second-order valence-corrected chi connectivity index (χ2v) is 6.91. The molecule has 0 saturated heterocycles. The average molecular weight is 377 g/mol. The number of aryl methyl sites for hydroxylation is 1. The summed E-state index contributed by atoms with van der Waals surface area (Å²) >= 11 is 1.40. The van der Waals surface area contributed by atoms with Gasteiger partial charge in [0.2, 0.25) is 11.1 Å². The van der Waals surface area contributed by atoms with Crippen LogP contribution in [0.2, 0.25) is 0 Å². The van der Waals surface area contributed by atoms with Crippen molar-refractivity contribution in [2.75, 3.05) is 32.3 Å². The summed E-state index contributed by atoms with van der Waals surface area (Å²) in [6.07, 6.45) is 0. The Morgan fingerprint density at radius 3 is 2.81 bits per heavy atom. The molecule has 1 aliphatic heterocycles. The van der Waals surface area contributed by atoms with Gasteiger partial charge in [-0.2, -0.15) is 0 Å². The van der Waals surface area contributed by atoms with Gasteiger partial charge in [-0.15, -0.1) is 10.2 Å². The molecule has 2 atom stereocenters. The number of hydrogen-bond donors (Lipinski definition) is 2. The van der Waals surface area contributed by atoms with E-state index in [9.17, 15) is 4.79 Å². The molecular weight excluding hydrogens is 354 g/mol. The van der Waals surface area contributed by atoms with Gasteiger partial charge in [-0.25, -0.2) is 4.68 Å². The standard InChI is InChI=1S/C17H23N5O3S/c1-4-25-13-7-5-12(6-8-13)14-15(16(23)18-9-10-24-3)26-17-20-19-11(2)22(17)21-14/h5-8,14-15,21H,4,9-10H2,1-3H3,(H,18,23). The SMILES string of the molecule is CCOc1ccc(C2Nn3c(C)nnc3SC2C(=O)NCCOC)cc1. The van der Waals surface area contributed by atoms with Crippen LogP contribution in [0.1, 0.15) is 24.4 Å². The van der Waals surface area contributed by atoms with Gasteiger partial charge < -0.3 is 20.2 Å². The van der Waals surface area contributed by atoms with Crippen molar-refractivity contribution >= 4 is 17.7 Å². The molecule has 8 nitrogen and oxygen atoms in total. The molecule has 1 aliphatic rings. The van der Waals surface area contributed by atoms with Gasteiger partial charge in [0.1, 0.15) is 16.8 Å². The highest BCUT2D eigenvalue weighted by Crippen LogP contribution is 2.37. The lowest BCUT2D eigenvalue weighted by molar-refractivity contribution is -0.121. The van der Waals surface area contributed by atoms with Crippen molar-refractivity contribution in [3.63, 3.8) is 0 Å². The van der Waals surface area contributed by atoms with E-state index in [2.05, 4.69) is 20.9 Å². The van der Waals surface area contributed by atoms with E-state index >= 15 is 0 Å². The van der Waals surface area contributed by atoms with E-state index in [0.717, 1.165) is 17.1 Å². The summed E-state index contributed by atoms with van der Waals surface area (Å²) in [4.78, 5) is 12.7. The van der Waals surface area contributed by atoms with Crippen LogP contribution in [0.4, 0.5) is 0 Å². The Kier molecular flexibility index (Phi) is 6.00. The predicted octanol–water partition coefficient (Wildman–Crippen LogP) is 1.51. The Hall–Kier alpha value is -2.26. The highest BCUT2D eigenvalue weighted by atomic mass is 32.2. The third kappa shape index (κ3) is 3.94. The number of hydrogen-bond acceptors (Lipinski definition) is 7. The monoisotopic (exact) mass is 377 g/mol. The van der Waals surface area contributed by atoms with Gasteiger partial charge in [-0.05, 0) is 31.5 Å². The van der Waals surface area contributed by atoms with E-state index in [4.69, 9.17) is 9.47 Å². The molecule has 0 fully saturated rings. The van der Waals surface area contributed by atoms with Crippen LogP contribution in [0.15, 0.2) is 29.4 Å². The topological polar surface area (TPSA) is 90.3 Å². The number of carbonyl (C=O) groups excluding carboxylic acids is 1. The van der Waals surface area contributed by atoms with Gasteiger partial charge in [0, 0.05) is 13.7 Å². The fraction of sp³-hybridized carbons (Fsp3) is 0.471. The normalized spacial score (nSPS) is 18.7. The molecule has 1 aromatic heterocycles. The Morgan fingerprint density at radius 1 is 1.35 bits per heavy atom. The smallest absolute Gasteiger partial charge is 0.236 e. The van der Waals surface area contributed by atoms with E-state index in [1.54, 1.807) is 7.11 Å². The third-order valence-corrected chi connectivity index (χ3v) is 5.23. The Balaban J connectivity index is 1.85. The minimum absolute atomic E-state index is 0.0645. The summed E-state index contributed by atoms with van der Waals surface area (Å²) in [5, 5.41) is 11.5. The van der Waals surface area contributed by atoms with Crippen LogP contribution in [0, 0.1) is 6.92 Å². The van der Waals surface area contributed by atoms with Crippen molar-refractivity contribution < 1.29 is 14.3 Å². The zero-order valence-corrected chi connectivity index (χ0v) is 15.9. The van der Waals surface area contributed by atoms with Crippen LogP contribution in [0.25, 0.3) is 0 Å². The van der Waals surface area contributed by atoms with Crippen LogP contribution < -0.4 is 15.5 Å². The molecule has 2 heterocycles. The van der Waals surface area contributed by atoms with Crippen LogP contribution in [-0.4, -0.2) is 52.9 Å². The minimum Gasteiger partial charge on any atom is -0.494 e. The van der Waals surface area contributed by atoms with Crippen molar-refractivity contribution in [1.29, 1.82) is 0 Å². The number of benzene rings is 1. The highest BCUT2D eigenvalue weighted by Gasteiger charge is 2.37. The quantitative estimate of drug-likeness (QED) is 0.707. The number of nitrogens with zero attached hydrogens (tertiary/aromatic N) is 3. The second-order valence-electron chi connectivity index (χ2n) is 5.80. The maximum atomic E-state index is 12.7. The molecule has 1 aromatic carbocycles.